The van der Waals surface area contributed by atoms with Crippen LogP contribution in [0, 0.1) is 0 Å². The first kappa shape index (κ1) is 12.3. The van der Waals surface area contributed by atoms with E-state index in [1.807, 2.05) is 6.20 Å². The molecule has 1 aromatic heterocycles. The predicted molar refractivity (Wildman–Crippen MR) is 77.4 cm³/mol. The fourth-order valence-corrected chi connectivity index (χ4v) is 2.49. The van der Waals surface area contributed by atoms with Crippen molar-refractivity contribution < 1.29 is 0 Å². The minimum atomic E-state index is 0.777. The zero-order valence-electron chi connectivity index (χ0n) is 11.2. The van der Waals surface area contributed by atoms with E-state index < -0.39 is 0 Å². The summed E-state index contributed by atoms with van der Waals surface area (Å²) in [5, 5.41) is 6.57. The third kappa shape index (κ3) is 3.16. The highest BCUT2D eigenvalue weighted by Crippen LogP contribution is 2.17. The maximum Gasteiger partial charge on any atom is 0.191 e. The molecule has 2 aliphatic heterocycles. The highest BCUT2D eigenvalue weighted by molar-refractivity contribution is 5.80. The van der Waals surface area contributed by atoms with Crippen molar-refractivity contribution in [2.45, 2.75) is 25.8 Å². The molecule has 0 amide bonds. The fourth-order valence-electron chi connectivity index (χ4n) is 2.49. The van der Waals surface area contributed by atoms with Gasteiger partial charge < -0.3 is 15.5 Å². The first-order valence-electron chi connectivity index (χ1n) is 7.14. The second kappa shape index (κ2) is 5.91. The molecule has 5 nitrogen and oxygen atoms in total. The lowest BCUT2D eigenvalue weighted by Crippen LogP contribution is -2.40. The Bertz CT molecular complexity index is 434. The standard InChI is InChI=1S/C14H21N5/c1-2-9-19(8-1)13-5-4-12(10-17-13)11-18-14-15-6-3-7-16-14/h4-5,10H,1-3,6-9,11H2,(H2,15,16,18). The average molecular weight is 259 g/mol. The van der Waals surface area contributed by atoms with E-state index in [1.54, 1.807) is 0 Å². The molecule has 0 aliphatic carbocycles. The molecule has 1 saturated heterocycles. The van der Waals surface area contributed by atoms with Crippen LogP contribution in [0.15, 0.2) is 23.3 Å². The van der Waals surface area contributed by atoms with Crippen LogP contribution >= 0.6 is 0 Å². The SMILES string of the molecule is c1cc(N2CCCC2)ncc1CNC1=NCCCN1. The Morgan fingerprint density at radius 3 is 2.79 bits per heavy atom. The first-order chi connectivity index (χ1) is 9.42. The van der Waals surface area contributed by atoms with E-state index in [0.717, 1.165) is 50.9 Å². The molecule has 3 rings (SSSR count). The summed E-state index contributed by atoms with van der Waals surface area (Å²) in [4.78, 5) is 11.3. The molecule has 0 aromatic carbocycles. The number of pyridine rings is 1. The number of rotatable bonds is 3. The summed E-state index contributed by atoms with van der Waals surface area (Å²) in [5.74, 6) is 2.02. The van der Waals surface area contributed by atoms with Crippen molar-refractivity contribution in [3.8, 4) is 0 Å². The lowest BCUT2D eigenvalue weighted by atomic mass is 10.2. The number of nitrogens with zero attached hydrogens (tertiary/aromatic N) is 3. The van der Waals surface area contributed by atoms with Crippen molar-refractivity contribution >= 4 is 11.8 Å². The van der Waals surface area contributed by atoms with Crippen molar-refractivity contribution in [1.82, 2.24) is 15.6 Å². The Kier molecular flexibility index (Phi) is 3.81. The maximum atomic E-state index is 4.55. The molecule has 19 heavy (non-hydrogen) atoms. The molecule has 1 fully saturated rings. The highest BCUT2D eigenvalue weighted by atomic mass is 15.2. The maximum absolute atomic E-state index is 4.55. The number of anilines is 1. The van der Waals surface area contributed by atoms with Gasteiger partial charge in [0.2, 0.25) is 0 Å². The van der Waals surface area contributed by atoms with Gasteiger partial charge in [-0.1, -0.05) is 6.07 Å². The van der Waals surface area contributed by atoms with E-state index in [9.17, 15) is 0 Å². The lowest BCUT2D eigenvalue weighted by molar-refractivity contribution is 0.701. The Hall–Kier alpha value is -1.78. The van der Waals surface area contributed by atoms with Gasteiger partial charge in [-0.15, -0.1) is 0 Å². The summed E-state index contributed by atoms with van der Waals surface area (Å²) in [6.07, 6.45) is 5.66. The highest BCUT2D eigenvalue weighted by Gasteiger charge is 2.12. The number of aromatic nitrogens is 1. The summed E-state index contributed by atoms with van der Waals surface area (Å²) >= 11 is 0. The summed E-state index contributed by atoms with van der Waals surface area (Å²) in [6, 6.07) is 4.27. The van der Waals surface area contributed by atoms with Gasteiger partial charge in [0.25, 0.3) is 0 Å². The second-order valence-electron chi connectivity index (χ2n) is 5.08. The largest absolute Gasteiger partial charge is 0.357 e. The number of guanidine groups is 1. The second-order valence-corrected chi connectivity index (χ2v) is 5.08. The van der Waals surface area contributed by atoms with E-state index in [2.05, 4.69) is 37.6 Å². The summed E-state index contributed by atoms with van der Waals surface area (Å²) < 4.78 is 0. The zero-order valence-corrected chi connectivity index (χ0v) is 11.2. The van der Waals surface area contributed by atoms with Crippen LogP contribution < -0.4 is 15.5 Å². The van der Waals surface area contributed by atoms with Gasteiger partial charge in [-0.2, -0.15) is 0 Å². The van der Waals surface area contributed by atoms with Crippen LogP contribution in [0.4, 0.5) is 5.82 Å². The lowest BCUT2D eigenvalue weighted by Gasteiger charge is -2.17. The van der Waals surface area contributed by atoms with Crippen LogP contribution in [0.3, 0.4) is 0 Å². The van der Waals surface area contributed by atoms with Gasteiger partial charge in [0.05, 0.1) is 0 Å². The van der Waals surface area contributed by atoms with Crippen LogP contribution in [0.5, 0.6) is 0 Å². The number of hydrogen-bond acceptors (Lipinski definition) is 5. The van der Waals surface area contributed by atoms with E-state index in [4.69, 9.17) is 0 Å². The van der Waals surface area contributed by atoms with Gasteiger partial charge in [0.15, 0.2) is 5.96 Å². The molecule has 0 unspecified atom stereocenters. The van der Waals surface area contributed by atoms with E-state index in [1.165, 1.54) is 18.4 Å². The quantitative estimate of drug-likeness (QED) is 0.854. The molecule has 2 N–H and O–H groups in total. The molecule has 1 aromatic rings. The summed E-state index contributed by atoms with van der Waals surface area (Å²) in [7, 11) is 0. The molecule has 0 atom stereocenters. The van der Waals surface area contributed by atoms with Crippen molar-refractivity contribution in [1.29, 1.82) is 0 Å². The Labute approximate surface area is 114 Å². The smallest absolute Gasteiger partial charge is 0.191 e. The molecular formula is C14H21N5. The minimum absolute atomic E-state index is 0.777. The number of hydrogen-bond donors (Lipinski definition) is 2. The molecule has 0 bridgehead atoms. The number of nitrogens with one attached hydrogen (secondary N) is 2. The predicted octanol–water partition coefficient (Wildman–Crippen LogP) is 1.12. The van der Waals surface area contributed by atoms with Crippen LogP contribution in [-0.4, -0.2) is 37.1 Å². The molecule has 0 saturated carbocycles. The monoisotopic (exact) mass is 259 g/mol. The van der Waals surface area contributed by atoms with Gasteiger partial charge in [-0.3, -0.25) is 4.99 Å². The van der Waals surface area contributed by atoms with Crippen LogP contribution in [0.1, 0.15) is 24.8 Å². The van der Waals surface area contributed by atoms with E-state index in [0.29, 0.717) is 0 Å². The van der Waals surface area contributed by atoms with Crippen LogP contribution in [-0.2, 0) is 6.54 Å². The van der Waals surface area contributed by atoms with Gasteiger partial charge in [0, 0.05) is 38.9 Å². The van der Waals surface area contributed by atoms with Crippen molar-refractivity contribution in [2.75, 3.05) is 31.1 Å². The molecule has 0 radical (unpaired) electrons. The Morgan fingerprint density at radius 2 is 2.11 bits per heavy atom. The average Bonchev–Trinajstić information content (AvgIpc) is 3.01. The Balaban J connectivity index is 1.55. The van der Waals surface area contributed by atoms with Crippen molar-refractivity contribution in [3.63, 3.8) is 0 Å². The third-order valence-electron chi connectivity index (χ3n) is 3.60. The molecule has 3 heterocycles. The third-order valence-corrected chi connectivity index (χ3v) is 3.60. The van der Waals surface area contributed by atoms with Gasteiger partial charge in [0.1, 0.15) is 5.82 Å². The van der Waals surface area contributed by atoms with E-state index >= 15 is 0 Å². The zero-order chi connectivity index (χ0) is 12.9. The molecule has 0 spiro atoms. The van der Waals surface area contributed by atoms with Gasteiger partial charge in [-0.05, 0) is 30.9 Å². The minimum Gasteiger partial charge on any atom is -0.357 e. The number of aliphatic imine (C=N–C) groups is 1. The van der Waals surface area contributed by atoms with Crippen LogP contribution in [0.2, 0.25) is 0 Å². The van der Waals surface area contributed by atoms with Crippen molar-refractivity contribution in [2.24, 2.45) is 4.99 Å². The van der Waals surface area contributed by atoms with E-state index in [-0.39, 0.29) is 0 Å². The molecule has 102 valence electrons. The van der Waals surface area contributed by atoms with Gasteiger partial charge >= 0.3 is 0 Å². The summed E-state index contributed by atoms with van der Waals surface area (Å²) in [5.41, 5.74) is 1.19. The summed E-state index contributed by atoms with van der Waals surface area (Å²) in [6.45, 7) is 5.00. The van der Waals surface area contributed by atoms with Gasteiger partial charge in [-0.25, -0.2) is 4.98 Å². The van der Waals surface area contributed by atoms with Crippen molar-refractivity contribution in [3.05, 3.63) is 23.9 Å². The fraction of sp³-hybridized carbons (Fsp3) is 0.571. The normalized spacial score (nSPS) is 18.9. The Morgan fingerprint density at radius 1 is 1.21 bits per heavy atom. The molecular weight excluding hydrogens is 238 g/mol. The first-order valence-corrected chi connectivity index (χ1v) is 7.14. The molecule has 5 heteroatoms. The topological polar surface area (TPSA) is 52.6 Å². The van der Waals surface area contributed by atoms with Crippen LogP contribution in [0.25, 0.3) is 0 Å². The molecule has 2 aliphatic rings.